The molecule has 0 amide bonds. The van der Waals surface area contributed by atoms with E-state index in [9.17, 15) is 5.26 Å². The summed E-state index contributed by atoms with van der Waals surface area (Å²) in [5, 5.41) is 10.1. The van der Waals surface area contributed by atoms with E-state index < -0.39 is 5.31 Å². The normalized spacial score (nSPS) is 12.8. The van der Waals surface area contributed by atoms with Gasteiger partial charge < -0.3 is 0 Å². The summed E-state index contributed by atoms with van der Waals surface area (Å²) in [5.74, 6) is 2.69. The zero-order chi connectivity index (χ0) is 15.5. The number of hydrogen-bond acceptors (Lipinski definition) is 1. The van der Waals surface area contributed by atoms with Crippen LogP contribution in [0.15, 0.2) is 91.0 Å². The number of nitriles is 1. The van der Waals surface area contributed by atoms with Gasteiger partial charge >= 0.3 is 139 Å². The fourth-order valence-corrected chi connectivity index (χ4v) is 8.31. The maximum absolute atomic E-state index is 10.4. The van der Waals surface area contributed by atoms with Crippen LogP contribution in [0.4, 0.5) is 0 Å². The van der Waals surface area contributed by atoms with Crippen molar-refractivity contribution in [1.29, 1.82) is 5.26 Å². The topological polar surface area (TPSA) is 23.8 Å². The van der Waals surface area contributed by atoms with E-state index in [0.29, 0.717) is 0 Å². The standard InChI is InChI=1S/C19H15BrNP/c20-22(16-21,17-10-4-1-5-11-17,18-12-6-2-7-13-18)19-14-8-3-9-15-19/h1-15H. The summed E-state index contributed by atoms with van der Waals surface area (Å²) < 4.78 is 0. The van der Waals surface area contributed by atoms with E-state index in [1.165, 1.54) is 0 Å². The van der Waals surface area contributed by atoms with Gasteiger partial charge in [0.15, 0.2) is 0 Å². The third-order valence-electron chi connectivity index (χ3n) is 3.91. The minimum atomic E-state index is -3.28. The SMILES string of the molecule is N#CP(Br)(c1ccccc1)(c1ccccc1)c1ccccc1. The van der Waals surface area contributed by atoms with Gasteiger partial charge in [-0.2, -0.15) is 0 Å². The molecule has 3 heteroatoms. The molecule has 0 aliphatic heterocycles. The molecule has 0 aliphatic carbocycles. The molecule has 22 heavy (non-hydrogen) atoms. The van der Waals surface area contributed by atoms with Gasteiger partial charge in [-0.1, -0.05) is 0 Å². The Morgan fingerprint density at radius 2 is 0.864 bits per heavy atom. The van der Waals surface area contributed by atoms with E-state index in [2.05, 4.69) is 21.3 Å². The first-order valence-electron chi connectivity index (χ1n) is 7.02. The molecule has 0 N–H and O–H groups in total. The fraction of sp³-hybridized carbons (Fsp3) is 0. The third kappa shape index (κ3) is 2.10. The van der Waals surface area contributed by atoms with Crippen LogP contribution >= 0.6 is 20.8 Å². The molecular weight excluding hydrogens is 353 g/mol. The number of rotatable bonds is 3. The molecule has 0 heterocycles. The second-order valence-electron chi connectivity index (χ2n) is 5.12. The summed E-state index contributed by atoms with van der Waals surface area (Å²) in [6.45, 7) is 0. The molecule has 108 valence electrons. The molecule has 0 unspecified atom stereocenters. The van der Waals surface area contributed by atoms with Crippen molar-refractivity contribution in [2.24, 2.45) is 0 Å². The third-order valence-corrected chi connectivity index (χ3v) is 12.3. The van der Waals surface area contributed by atoms with Crippen LogP contribution < -0.4 is 15.9 Å². The van der Waals surface area contributed by atoms with E-state index in [1.807, 2.05) is 91.0 Å². The Morgan fingerprint density at radius 1 is 0.591 bits per heavy atom. The molecule has 0 fully saturated rings. The van der Waals surface area contributed by atoms with Crippen molar-refractivity contribution in [2.45, 2.75) is 0 Å². The molecule has 0 saturated carbocycles. The Balaban J connectivity index is 2.45. The van der Waals surface area contributed by atoms with Gasteiger partial charge in [-0.05, 0) is 0 Å². The molecular formula is C19H15BrNP. The van der Waals surface area contributed by atoms with Crippen molar-refractivity contribution in [3.63, 3.8) is 0 Å². The summed E-state index contributed by atoms with van der Waals surface area (Å²) in [4.78, 5) is 0. The van der Waals surface area contributed by atoms with Crippen LogP contribution in [0, 0.1) is 11.1 Å². The van der Waals surface area contributed by atoms with Gasteiger partial charge in [-0.3, -0.25) is 0 Å². The van der Waals surface area contributed by atoms with Gasteiger partial charge in [-0.25, -0.2) is 0 Å². The van der Waals surface area contributed by atoms with Crippen LogP contribution in [0.5, 0.6) is 0 Å². The first-order valence-corrected chi connectivity index (χ1v) is 11.3. The average Bonchev–Trinajstić information content (AvgIpc) is 2.63. The van der Waals surface area contributed by atoms with Gasteiger partial charge in [0.05, 0.1) is 0 Å². The molecule has 3 rings (SSSR count). The Morgan fingerprint density at radius 3 is 1.09 bits per heavy atom. The van der Waals surface area contributed by atoms with Crippen molar-refractivity contribution >= 4 is 36.7 Å². The number of halogens is 1. The van der Waals surface area contributed by atoms with Gasteiger partial charge in [0.1, 0.15) is 0 Å². The fourth-order valence-electron chi connectivity index (χ4n) is 2.74. The van der Waals surface area contributed by atoms with Crippen molar-refractivity contribution in [3.05, 3.63) is 91.0 Å². The van der Waals surface area contributed by atoms with Crippen LogP contribution in [0.2, 0.25) is 0 Å². The first kappa shape index (κ1) is 15.0. The van der Waals surface area contributed by atoms with Gasteiger partial charge in [0, 0.05) is 0 Å². The van der Waals surface area contributed by atoms with Crippen LogP contribution in [0.1, 0.15) is 0 Å². The van der Waals surface area contributed by atoms with Crippen molar-refractivity contribution in [1.82, 2.24) is 0 Å². The number of hydrogen-bond donors (Lipinski definition) is 0. The maximum atomic E-state index is 10.4. The van der Waals surface area contributed by atoms with Crippen molar-refractivity contribution in [3.8, 4) is 5.81 Å². The Bertz CT molecular complexity index is 711. The summed E-state index contributed by atoms with van der Waals surface area (Å²) in [6.07, 6.45) is 0. The summed E-state index contributed by atoms with van der Waals surface area (Å²) >= 11 is 3.99. The second kappa shape index (κ2) is 5.69. The molecule has 0 bridgehead atoms. The van der Waals surface area contributed by atoms with Crippen LogP contribution in [0.3, 0.4) is 0 Å². The Kier molecular flexibility index (Phi) is 3.87. The van der Waals surface area contributed by atoms with Gasteiger partial charge in [0.2, 0.25) is 0 Å². The van der Waals surface area contributed by atoms with E-state index in [0.717, 1.165) is 15.9 Å². The summed E-state index contributed by atoms with van der Waals surface area (Å²) in [7, 11) is 0. The Labute approximate surface area is 138 Å². The molecule has 0 saturated heterocycles. The number of nitrogens with zero attached hydrogens (tertiary/aromatic N) is 1. The molecule has 0 aliphatic rings. The van der Waals surface area contributed by atoms with Crippen LogP contribution in [-0.4, -0.2) is 0 Å². The van der Waals surface area contributed by atoms with Crippen LogP contribution in [0.25, 0.3) is 0 Å². The average molecular weight is 368 g/mol. The predicted molar refractivity (Wildman–Crippen MR) is 99.7 cm³/mol. The molecule has 1 nitrogen and oxygen atoms in total. The molecule has 3 aromatic rings. The van der Waals surface area contributed by atoms with Gasteiger partial charge in [-0.15, -0.1) is 0 Å². The van der Waals surface area contributed by atoms with Crippen LogP contribution in [-0.2, 0) is 0 Å². The van der Waals surface area contributed by atoms with Crippen molar-refractivity contribution in [2.75, 3.05) is 0 Å². The van der Waals surface area contributed by atoms with E-state index in [4.69, 9.17) is 0 Å². The summed E-state index contributed by atoms with van der Waals surface area (Å²) in [6, 6.07) is 30.1. The Hall–Kier alpha value is -1.94. The molecule has 0 aromatic heterocycles. The van der Waals surface area contributed by atoms with E-state index >= 15 is 0 Å². The van der Waals surface area contributed by atoms with Gasteiger partial charge in [0.25, 0.3) is 0 Å². The molecule has 0 radical (unpaired) electrons. The quantitative estimate of drug-likeness (QED) is 0.632. The number of benzene rings is 3. The zero-order valence-corrected chi connectivity index (χ0v) is 14.4. The zero-order valence-electron chi connectivity index (χ0n) is 11.9. The first-order chi connectivity index (χ1) is 10.7. The molecule has 3 aromatic carbocycles. The minimum absolute atomic E-state index is 1.02. The monoisotopic (exact) mass is 367 g/mol. The molecule has 0 atom stereocenters. The molecule has 0 spiro atoms. The second-order valence-corrected chi connectivity index (χ2v) is 13.1. The van der Waals surface area contributed by atoms with E-state index in [1.54, 1.807) is 0 Å². The predicted octanol–water partition coefficient (Wildman–Crippen LogP) is 4.31. The van der Waals surface area contributed by atoms with E-state index in [-0.39, 0.29) is 0 Å². The summed E-state index contributed by atoms with van der Waals surface area (Å²) in [5.41, 5.74) is 0. The van der Waals surface area contributed by atoms with Crippen molar-refractivity contribution < 1.29 is 0 Å².